The Morgan fingerprint density at radius 1 is 1.16 bits per heavy atom. The van der Waals surface area contributed by atoms with Gasteiger partial charge in [-0.05, 0) is 19.1 Å². The van der Waals surface area contributed by atoms with Gasteiger partial charge >= 0.3 is 5.97 Å². The molecule has 0 amide bonds. The number of anilines is 3. The van der Waals surface area contributed by atoms with Crippen LogP contribution in [-0.4, -0.2) is 30.9 Å². The Labute approximate surface area is 143 Å². The largest absolute Gasteiger partial charge is 0.453 e. The highest BCUT2D eigenvalue weighted by molar-refractivity contribution is 5.86. The maximum Gasteiger partial charge on any atom is 0.358 e. The molecule has 0 fully saturated rings. The zero-order chi connectivity index (χ0) is 17.6. The van der Waals surface area contributed by atoms with Crippen LogP contribution in [0.5, 0.6) is 0 Å². The summed E-state index contributed by atoms with van der Waals surface area (Å²) in [6.07, 6.45) is 4.18. The van der Waals surface area contributed by atoms with Crippen molar-refractivity contribution in [1.82, 2.24) is 24.9 Å². The van der Waals surface area contributed by atoms with Crippen molar-refractivity contribution in [3.8, 4) is 0 Å². The number of aromatic nitrogens is 5. The summed E-state index contributed by atoms with van der Waals surface area (Å²) >= 11 is 0. The van der Waals surface area contributed by atoms with E-state index < -0.39 is 5.97 Å². The number of nitrogens with zero attached hydrogens (tertiary/aromatic N) is 5. The van der Waals surface area contributed by atoms with Crippen molar-refractivity contribution < 1.29 is 9.53 Å². The van der Waals surface area contributed by atoms with Gasteiger partial charge in [-0.15, -0.1) is 0 Å². The number of esters is 1. The van der Waals surface area contributed by atoms with Gasteiger partial charge in [0, 0.05) is 18.1 Å². The molecule has 2 aromatic heterocycles. The minimum Gasteiger partial charge on any atom is -0.453 e. The maximum atomic E-state index is 11.9. The molecule has 3 rings (SSSR count). The van der Waals surface area contributed by atoms with Crippen LogP contribution >= 0.6 is 0 Å². The van der Waals surface area contributed by atoms with Gasteiger partial charge < -0.3 is 15.8 Å². The predicted molar refractivity (Wildman–Crippen MR) is 89.9 cm³/mol. The summed E-state index contributed by atoms with van der Waals surface area (Å²) in [5.74, 6) is -0.114. The molecule has 0 atom stereocenters. The Balaban J connectivity index is 1.69. The third kappa shape index (κ3) is 4.44. The van der Waals surface area contributed by atoms with Crippen molar-refractivity contribution in [2.75, 3.05) is 11.1 Å². The number of carbonyl (C=O) groups excluding carboxylic acids is 1. The van der Waals surface area contributed by atoms with Gasteiger partial charge in [-0.1, -0.05) is 17.7 Å². The minimum atomic E-state index is -0.625. The van der Waals surface area contributed by atoms with E-state index in [4.69, 9.17) is 10.5 Å². The van der Waals surface area contributed by atoms with Crippen LogP contribution in [-0.2, 0) is 11.3 Å². The number of hydrogen-bond acceptors (Lipinski definition) is 9. The summed E-state index contributed by atoms with van der Waals surface area (Å²) in [6.45, 7) is 1.83. The van der Waals surface area contributed by atoms with Gasteiger partial charge in [-0.2, -0.15) is 15.0 Å². The van der Waals surface area contributed by atoms with Crippen LogP contribution in [0.25, 0.3) is 0 Å². The van der Waals surface area contributed by atoms with E-state index in [9.17, 15) is 4.79 Å². The first kappa shape index (κ1) is 16.2. The highest BCUT2D eigenvalue weighted by Gasteiger charge is 2.11. The fourth-order valence-electron chi connectivity index (χ4n) is 1.93. The van der Waals surface area contributed by atoms with E-state index >= 15 is 0 Å². The molecule has 9 heteroatoms. The van der Waals surface area contributed by atoms with Crippen LogP contribution in [0.2, 0.25) is 0 Å². The Kier molecular flexibility index (Phi) is 4.74. The standard InChI is InChI=1S/C16H15N7O2/c1-10-2-4-11(5-3-10)20-16-22-13(21-15(17)23-16)9-25-14(24)12-8-18-6-7-19-12/h2-8H,9H2,1H3,(H3,17,20,21,22,23). The van der Waals surface area contributed by atoms with Crippen LogP contribution in [0.4, 0.5) is 17.6 Å². The van der Waals surface area contributed by atoms with E-state index in [1.54, 1.807) is 0 Å². The molecular weight excluding hydrogens is 322 g/mol. The quantitative estimate of drug-likeness (QED) is 0.667. The molecule has 0 saturated carbocycles. The van der Waals surface area contributed by atoms with Gasteiger partial charge in [0.15, 0.2) is 18.1 Å². The molecule has 3 N–H and O–H groups in total. The topological polar surface area (TPSA) is 129 Å². The van der Waals surface area contributed by atoms with Crippen molar-refractivity contribution in [2.45, 2.75) is 13.5 Å². The third-order valence-electron chi connectivity index (χ3n) is 3.11. The highest BCUT2D eigenvalue weighted by Crippen LogP contribution is 2.14. The molecule has 2 heterocycles. The normalized spacial score (nSPS) is 10.3. The molecule has 9 nitrogen and oxygen atoms in total. The average Bonchev–Trinajstić information content (AvgIpc) is 2.62. The van der Waals surface area contributed by atoms with E-state index in [1.807, 2.05) is 31.2 Å². The Hall–Kier alpha value is -3.62. The van der Waals surface area contributed by atoms with Crippen molar-refractivity contribution in [2.24, 2.45) is 0 Å². The second kappa shape index (κ2) is 7.30. The number of rotatable bonds is 5. The average molecular weight is 337 g/mol. The van der Waals surface area contributed by atoms with Gasteiger partial charge in [0.1, 0.15) is 0 Å². The fraction of sp³-hybridized carbons (Fsp3) is 0.125. The molecule has 0 aliphatic carbocycles. The molecular formula is C16H15N7O2. The fourth-order valence-corrected chi connectivity index (χ4v) is 1.93. The summed E-state index contributed by atoms with van der Waals surface area (Å²) in [5.41, 5.74) is 7.73. The van der Waals surface area contributed by atoms with Crippen molar-refractivity contribution in [3.63, 3.8) is 0 Å². The highest BCUT2D eigenvalue weighted by atomic mass is 16.5. The van der Waals surface area contributed by atoms with E-state index in [0.717, 1.165) is 11.3 Å². The van der Waals surface area contributed by atoms with Gasteiger partial charge in [0.25, 0.3) is 0 Å². The number of nitrogens with one attached hydrogen (secondary N) is 1. The minimum absolute atomic E-state index is 0.0233. The first-order chi connectivity index (χ1) is 12.1. The number of aryl methyl sites for hydroxylation is 1. The van der Waals surface area contributed by atoms with Gasteiger partial charge in [-0.3, -0.25) is 4.98 Å². The monoisotopic (exact) mass is 337 g/mol. The second-order valence-corrected chi connectivity index (χ2v) is 5.09. The second-order valence-electron chi connectivity index (χ2n) is 5.09. The summed E-state index contributed by atoms with van der Waals surface area (Å²) in [5, 5.41) is 3.03. The van der Waals surface area contributed by atoms with Crippen LogP contribution in [0.15, 0.2) is 42.9 Å². The Morgan fingerprint density at radius 3 is 2.68 bits per heavy atom. The first-order valence-corrected chi connectivity index (χ1v) is 7.37. The summed E-state index contributed by atoms with van der Waals surface area (Å²) in [4.78, 5) is 31.7. The van der Waals surface area contributed by atoms with Gasteiger partial charge in [0.05, 0.1) is 6.20 Å². The SMILES string of the molecule is Cc1ccc(Nc2nc(N)nc(COC(=O)c3cnccn3)n2)cc1. The first-order valence-electron chi connectivity index (χ1n) is 7.37. The van der Waals surface area contributed by atoms with E-state index in [-0.39, 0.29) is 30.0 Å². The van der Waals surface area contributed by atoms with Crippen molar-refractivity contribution in [1.29, 1.82) is 0 Å². The summed E-state index contributed by atoms with van der Waals surface area (Å²) in [7, 11) is 0. The van der Waals surface area contributed by atoms with Crippen molar-refractivity contribution >= 4 is 23.6 Å². The van der Waals surface area contributed by atoms with Crippen molar-refractivity contribution in [3.05, 3.63) is 59.9 Å². The zero-order valence-electron chi connectivity index (χ0n) is 13.4. The van der Waals surface area contributed by atoms with E-state index in [0.29, 0.717) is 0 Å². The van der Waals surface area contributed by atoms with E-state index in [1.165, 1.54) is 18.6 Å². The number of benzene rings is 1. The number of ether oxygens (including phenoxy) is 1. The molecule has 3 aromatic rings. The van der Waals surface area contributed by atoms with Gasteiger partial charge in [-0.25, -0.2) is 9.78 Å². The molecule has 0 radical (unpaired) electrons. The maximum absolute atomic E-state index is 11.9. The molecule has 0 aliphatic rings. The smallest absolute Gasteiger partial charge is 0.358 e. The molecule has 0 unspecified atom stereocenters. The molecule has 25 heavy (non-hydrogen) atoms. The van der Waals surface area contributed by atoms with Crippen LogP contribution < -0.4 is 11.1 Å². The summed E-state index contributed by atoms with van der Waals surface area (Å²) in [6, 6.07) is 7.69. The number of hydrogen-bond donors (Lipinski definition) is 2. The third-order valence-corrected chi connectivity index (χ3v) is 3.11. The predicted octanol–water partition coefficient (Wildman–Crippen LogP) is 1.65. The van der Waals surface area contributed by atoms with Crippen LogP contribution in [0.3, 0.4) is 0 Å². The number of nitrogens with two attached hydrogens (primary N) is 1. The lowest BCUT2D eigenvalue weighted by molar-refractivity contribution is 0.0454. The lowest BCUT2D eigenvalue weighted by Crippen LogP contribution is -2.12. The molecule has 1 aromatic carbocycles. The molecule has 0 spiro atoms. The number of carbonyl (C=O) groups is 1. The lowest BCUT2D eigenvalue weighted by Gasteiger charge is -2.08. The number of nitrogen functional groups attached to an aromatic ring is 1. The van der Waals surface area contributed by atoms with E-state index in [2.05, 4.69) is 30.2 Å². The lowest BCUT2D eigenvalue weighted by atomic mass is 10.2. The van der Waals surface area contributed by atoms with Gasteiger partial charge in [0.2, 0.25) is 11.9 Å². The summed E-state index contributed by atoms with van der Waals surface area (Å²) < 4.78 is 5.11. The Bertz CT molecular complexity index is 869. The molecule has 126 valence electrons. The molecule has 0 bridgehead atoms. The molecule has 0 saturated heterocycles. The van der Waals surface area contributed by atoms with Crippen LogP contribution in [0, 0.1) is 6.92 Å². The zero-order valence-corrected chi connectivity index (χ0v) is 13.4. The van der Waals surface area contributed by atoms with Crippen LogP contribution in [0.1, 0.15) is 21.9 Å². The molecule has 0 aliphatic heterocycles. The Morgan fingerprint density at radius 2 is 1.96 bits per heavy atom.